The second kappa shape index (κ2) is 6.43. The lowest BCUT2D eigenvalue weighted by Gasteiger charge is -2.41. The summed E-state index contributed by atoms with van der Waals surface area (Å²) in [5.41, 5.74) is 0.936. The van der Waals surface area contributed by atoms with E-state index in [1.54, 1.807) is 6.07 Å². The van der Waals surface area contributed by atoms with Crippen molar-refractivity contribution in [2.24, 2.45) is 0 Å². The van der Waals surface area contributed by atoms with Gasteiger partial charge in [0.25, 0.3) is 0 Å². The Hall–Kier alpha value is -0.960. The Kier molecular flexibility index (Phi) is 5.03. The van der Waals surface area contributed by atoms with Gasteiger partial charge in [-0.05, 0) is 43.3 Å². The van der Waals surface area contributed by atoms with Crippen molar-refractivity contribution in [3.05, 3.63) is 17.0 Å². The fourth-order valence-corrected chi connectivity index (χ4v) is 4.99. The van der Waals surface area contributed by atoms with Crippen LogP contribution in [0.1, 0.15) is 25.3 Å². The Labute approximate surface area is 128 Å². The maximum absolute atomic E-state index is 12.2. The van der Waals surface area contributed by atoms with Crippen LogP contribution < -0.4 is 4.72 Å². The molecule has 118 valence electrons. The summed E-state index contributed by atoms with van der Waals surface area (Å²) in [5.74, 6) is -0.852. The Morgan fingerprint density at radius 2 is 2.19 bits per heavy atom. The molecule has 1 aromatic rings. The summed E-state index contributed by atoms with van der Waals surface area (Å²) in [7, 11) is -3.44. The number of likely N-dealkylation sites (N-methyl/N-ethyl adjacent to an activating group) is 1. The lowest BCUT2D eigenvalue weighted by molar-refractivity contribution is -0.139. The zero-order valence-electron chi connectivity index (χ0n) is 12.1. The number of rotatable bonds is 7. The van der Waals surface area contributed by atoms with Crippen molar-refractivity contribution in [1.29, 1.82) is 0 Å². The van der Waals surface area contributed by atoms with Crippen LogP contribution in [0.3, 0.4) is 0 Å². The topological polar surface area (TPSA) is 86.7 Å². The van der Waals surface area contributed by atoms with Crippen molar-refractivity contribution < 1.29 is 18.3 Å². The van der Waals surface area contributed by atoms with Crippen molar-refractivity contribution in [3.8, 4) is 0 Å². The lowest BCUT2D eigenvalue weighted by atomic mass is 9.86. The van der Waals surface area contributed by atoms with Crippen molar-refractivity contribution in [2.75, 3.05) is 13.1 Å². The molecule has 1 fully saturated rings. The second-order valence-electron chi connectivity index (χ2n) is 5.34. The highest BCUT2D eigenvalue weighted by Gasteiger charge is 2.36. The van der Waals surface area contributed by atoms with Gasteiger partial charge in [-0.3, -0.25) is 9.69 Å². The number of aliphatic carboxylic acids is 1. The number of hydrogen-bond donors (Lipinski definition) is 2. The molecule has 1 aliphatic rings. The molecule has 0 atom stereocenters. The Morgan fingerprint density at radius 1 is 1.52 bits per heavy atom. The molecule has 0 spiro atoms. The van der Waals surface area contributed by atoms with Crippen LogP contribution in [-0.4, -0.2) is 49.6 Å². The van der Waals surface area contributed by atoms with E-state index >= 15 is 0 Å². The molecular formula is C13H20N2O4S2. The van der Waals surface area contributed by atoms with Gasteiger partial charge in [-0.25, -0.2) is 13.1 Å². The molecule has 0 radical (unpaired) electrons. The van der Waals surface area contributed by atoms with Crippen LogP contribution in [0.4, 0.5) is 0 Å². The summed E-state index contributed by atoms with van der Waals surface area (Å²) < 4.78 is 27.4. The largest absolute Gasteiger partial charge is 0.480 e. The summed E-state index contributed by atoms with van der Waals surface area (Å²) in [6.07, 6.45) is 1.31. The highest BCUT2D eigenvalue weighted by atomic mass is 32.2. The smallest absolute Gasteiger partial charge is 0.317 e. The highest BCUT2D eigenvalue weighted by molar-refractivity contribution is 7.91. The number of thiophene rings is 1. The minimum absolute atomic E-state index is 0.00472. The van der Waals surface area contributed by atoms with E-state index in [1.165, 1.54) is 11.3 Å². The SMILES string of the molecule is CCN(CC(=O)O)C1CC(NS(=O)(=O)c2cc(C)cs2)C1. The Morgan fingerprint density at radius 3 is 2.67 bits per heavy atom. The van der Waals surface area contributed by atoms with Gasteiger partial charge in [0.2, 0.25) is 10.0 Å². The van der Waals surface area contributed by atoms with Crippen LogP contribution in [0.15, 0.2) is 15.7 Å². The molecular weight excluding hydrogens is 312 g/mol. The molecule has 2 rings (SSSR count). The van der Waals surface area contributed by atoms with Crippen LogP contribution in [0.5, 0.6) is 0 Å². The third-order valence-corrected chi connectivity index (χ3v) is 6.75. The monoisotopic (exact) mass is 332 g/mol. The first-order valence-electron chi connectivity index (χ1n) is 6.85. The van der Waals surface area contributed by atoms with Crippen molar-refractivity contribution in [1.82, 2.24) is 9.62 Å². The van der Waals surface area contributed by atoms with Gasteiger partial charge in [-0.15, -0.1) is 11.3 Å². The molecule has 8 heteroatoms. The maximum Gasteiger partial charge on any atom is 0.317 e. The molecule has 0 aromatic carbocycles. The van der Waals surface area contributed by atoms with Gasteiger partial charge in [-0.2, -0.15) is 0 Å². The third-order valence-electron chi connectivity index (χ3n) is 3.67. The molecule has 1 aliphatic carbocycles. The summed E-state index contributed by atoms with van der Waals surface area (Å²) >= 11 is 1.21. The van der Waals surface area contributed by atoms with E-state index in [9.17, 15) is 13.2 Å². The molecule has 0 bridgehead atoms. The lowest BCUT2D eigenvalue weighted by Crippen LogP contribution is -2.54. The van der Waals surface area contributed by atoms with Crippen molar-refractivity contribution in [3.63, 3.8) is 0 Å². The number of nitrogens with zero attached hydrogens (tertiary/aromatic N) is 1. The van der Waals surface area contributed by atoms with Gasteiger partial charge in [0.1, 0.15) is 4.21 Å². The average Bonchev–Trinajstić information content (AvgIpc) is 2.78. The number of carbonyl (C=O) groups is 1. The first kappa shape index (κ1) is 16.4. The molecule has 0 amide bonds. The van der Waals surface area contributed by atoms with E-state index in [2.05, 4.69) is 4.72 Å². The average molecular weight is 332 g/mol. The molecule has 2 N–H and O–H groups in total. The van der Waals surface area contributed by atoms with E-state index < -0.39 is 16.0 Å². The predicted octanol–water partition coefficient (Wildman–Crippen LogP) is 1.27. The van der Waals surface area contributed by atoms with Crippen LogP contribution in [0.25, 0.3) is 0 Å². The van der Waals surface area contributed by atoms with Crippen molar-refractivity contribution in [2.45, 2.75) is 43.0 Å². The van der Waals surface area contributed by atoms with Crippen LogP contribution in [-0.2, 0) is 14.8 Å². The van der Waals surface area contributed by atoms with Gasteiger partial charge in [0.15, 0.2) is 0 Å². The number of hydrogen-bond acceptors (Lipinski definition) is 5. The number of sulfonamides is 1. The standard InChI is InChI=1S/C13H20N2O4S2/c1-3-15(7-12(16)17)11-5-10(6-11)14-21(18,19)13-4-9(2)8-20-13/h4,8,10-11,14H,3,5-7H2,1-2H3,(H,16,17). The summed E-state index contributed by atoms with van der Waals surface area (Å²) in [4.78, 5) is 12.6. The molecule has 0 unspecified atom stereocenters. The summed E-state index contributed by atoms with van der Waals surface area (Å²) in [6.45, 7) is 4.43. The van der Waals surface area contributed by atoms with Gasteiger partial charge in [0, 0.05) is 12.1 Å². The zero-order valence-corrected chi connectivity index (χ0v) is 13.7. The fraction of sp³-hybridized carbons (Fsp3) is 0.615. The Bertz CT molecular complexity index is 605. The molecule has 0 aliphatic heterocycles. The van der Waals surface area contributed by atoms with Crippen molar-refractivity contribution >= 4 is 27.3 Å². The molecule has 1 heterocycles. The highest BCUT2D eigenvalue weighted by Crippen LogP contribution is 2.28. The number of carboxylic acids is 1. The van der Waals surface area contributed by atoms with E-state index in [0.717, 1.165) is 5.56 Å². The van der Waals surface area contributed by atoms with E-state index in [-0.39, 0.29) is 18.6 Å². The summed E-state index contributed by atoms with van der Waals surface area (Å²) in [6, 6.07) is 1.69. The van der Waals surface area contributed by atoms with Crippen LogP contribution in [0.2, 0.25) is 0 Å². The molecule has 0 saturated heterocycles. The van der Waals surface area contributed by atoms with Gasteiger partial charge in [0.05, 0.1) is 6.54 Å². The van der Waals surface area contributed by atoms with E-state index in [4.69, 9.17) is 5.11 Å². The normalized spacial score (nSPS) is 22.2. The van der Waals surface area contributed by atoms with Gasteiger partial charge >= 0.3 is 5.97 Å². The maximum atomic E-state index is 12.2. The molecule has 1 saturated carbocycles. The third kappa shape index (κ3) is 4.03. The number of aryl methyl sites for hydroxylation is 1. The molecule has 1 aromatic heterocycles. The first-order chi connectivity index (χ1) is 9.81. The molecule has 21 heavy (non-hydrogen) atoms. The van der Waals surface area contributed by atoms with Gasteiger partial charge in [-0.1, -0.05) is 6.92 Å². The summed E-state index contributed by atoms with van der Waals surface area (Å²) in [5, 5.41) is 10.6. The van der Waals surface area contributed by atoms with Gasteiger partial charge < -0.3 is 5.11 Å². The quantitative estimate of drug-likeness (QED) is 0.785. The minimum atomic E-state index is -3.44. The van der Waals surface area contributed by atoms with E-state index in [0.29, 0.717) is 23.6 Å². The molecule has 6 nitrogen and oxygen atoms in total. The number of carboxylic acid groups (broad SMARTS) is 1. The Balaban J connectivity index is 1.89. The van der Waals surface area contributed by atoms with E-state index in [1.807, 2.05) is 24.1 Å². The minimum Gasteiger partial charge on any atom is -0.480 e. The first-order valence-corrected chi connectivity index (χ1v) is 9.21. The second-order valence-corrected chi connectivity index (χ2v) is 8.20. The number of nitrogens with one attached hydrogen (secondary N) is 1. The van der Waals surface area contributed by atoms with Crippen LogP contribution in [0, 0.1) is 6.92 Å². The van der Waals surface area contributed by atoms with Crippen LogP contribution >= 0.6 is 11.3 Å². The zero-order chi connectivity index (χ0) is 15.6. The fourth-order valence-electron chi connectivity index (χ4n) is 2.48. The predicted molar refractivity (Wildman–Crippen MR) is 81.1 cm³/mol.